The van der Waals surface area contributed by atoms with Crippen LogP contribution in [0.4, 0.5) is 5.95 Å². The molecule has 1 saturated heterocycles. The number of aryl methyl sites for hydroxylation is 1. The molecule has 1 aromatic carbocycles. The summed E-state index contributed by atoms with van der Waals surface area (Å²) in [6.07, 6.45) is 2.16. The first-order valence-corrected chi connectivity index (χ1v) is 12.5. The van der Waals surface area contributed by atoms with Crippen molar-refractivity contribution in [2.45, 2.75) is 63.3 Å². The van der Waals surface area contributed by atoms with Crippen LogP contribution in [0, 0.1) is 0 Å². The number of aromatic nitrogens is 3. The molecule has 3 aliphatic rings. The Hall–Kier alpha value is -1.91. The molecule has 9 heteroatoms. The Kier molecular flexibility index (Phi) is 4.66. The van der Waals surface area contributed by atoms with Gasteiger partial charge in [0.25, 0.3) is 0 Å². The number of hydrogen-bond acceptors (Lipinski definition) is 8. The third kappa shape index (κ3) is 3.30. The summed E-state index contributed by atoms with van der Waals surface area (Å²) in [7, 11) is 0. The molecule has 6 rings (SSSR count). The van der Waals surface area contributed by atoms with Gasteiger partial charge in [0.05, 0.1) is 18.4 Å². The van der Waals surface area contributed by atoms with Gasteiger partial charge in [-0.3, -0.25) is 10.3 Å². The predicted octanol–water partition coefficient (Wildman–Crippen LogP) is 3.79. The van der Waals surface area contributed by atoms with Gasteiger partial charge in [-0.05, 0) is 38.3 Å². The summed E-state index contributed by atoms with van der Waals surface area (Å²) in [5.74, 6) is 1.82. The van der Waals surface area contributed by atoms with Crippen LogP contribution >= 0.6 is 23.1 Å². The van der Waals surface area contributed by atoms with E-state index in [1.54, 1.807) is 11.8 Å². The highest BCUT2D eigenvalue weighted by molar-refractivity contribution is 7.99. The number of ether oxygens (including phenoxy) is 1. The number of fused-ring (bicyclic) bond motifs is 8. The number of hydrazine groups is 1. The Morgan fingerprint density at radius 2 is 2.10 bits per heavy atom. The van der Waals surface area contributed by atoms with Crippen LogP contribution in [0.5, 0.6) is 0 Å². The van der Waals surface area contributed by atoms with Crippen molar-refractivity contribution in [2.24, 2.45) is 0 Å². The molecule has 3 aliphatic heterocycles. The fourth-order valence-corrected chi connectivity index (χ4v) is 6.86. The number of hydrogen-bond donors (Lipinski definition) is 2. The van der Waals surface area contributed by atoms with Crippen molar-refractivity contribution >= 4 is 29.0 Å². The maximum atomic E-state index is 6.13. The summed E-state index contributed by atoms with van der Waals surface area (Å²) in [6, 6.07) is 10.6. The van der Waals surface area contributed by atoms with Crippen LogP contribution in [0.1, 0.15) is 48.5 Å². The molecule has 5 heterocycles. The second kappa shape index (κ2) is 7.31. The van der Waals surface area contributed by atoms with Crippen LogP contribution in [0.3, 0.4) is 0 Å². The molecule has 0 radical (unpaired) electrons. The molecule has 2 aromatic heterocycles. The van der Waals surface area contributed by atoms with E-state index in [1.807, 2.05) is 11.3 Å². The molecule has 2 atom stereocenters. The van der Waals surface area contributed by atoms with Crippen molar-refractivity contribution in [3.63, 3.8) is 0 Å². The van der Waals surface area contributed by atoms with E-state index >= 15 is 0 Å². The second-order valence-corrected chi connectivity index (χ2v) is 11.1. The highest BCUT2D eigenvalue weighted by atomic mass is 32.2. The standard InChI is InChI=1S/C22H26N6OS2/c1-13-23-18-17-15-11-22(2,3)29-12-16(15)31-19(17)27-20(28(18)26-13)24-25-21(27)30-10-9-14-7-5-4-6-8-14/h4-8,13,18,23,26H,9-12H2,1-3H3. The highest BCUT2D eigenvalue weighted by Gasteiger charge is 2.45. The number of benzene rings is 1. The minimum Gasteiger partial charge on any atom is -0.370 e. The molecule has 0 aliphatic carbocycles. The fourth-order valence-electron chi connectivity index (χ4n) is 4.62. The lowest BCUT2D eigenvalue weighted by Crippen LogP contribution is -2.40. The quantitative estimate of drug-likeness (QED) is 0.582. The molecule has 31 heavy (non-hydrogen) atoms. The van der Waals surface area contributed by atoms with Gasteiger partial charge in [-0.2, -0.15) is 0 Å². The number of nitrogens with one attached hydrogen (secondary N) is 2. The maximum Gasteiger partial charge on any atom is 0.249 e. The molecule has 0 bridgehead atoms. The molecule has 0 amide bonds. The first-order chi connectivity index (χ1) is 15.0. The van der Waals surface area contributed by atoms with Gasteiger partial charge in [0.15, 0.2) is 5.16 Å². The molecule has 162 valence electrons. The van der Waals surface area contributed by atoms with Crippen molar-refractivity contribution in [1.82, 2.24) is 25.5 Å². The number of rotatable bonds is 4. The average Bonchev–Trinajstić information content (AvgIpc) is 3.42. The van der Waals surface area contributed by atoms with Gasteiger partial charge in [0.1, 0.15) is 11.2 Å². The molecule has 7 nitrogen and oxygen atoms in total. The molecule has 0 spiro atoms. The van der Waals surface area contributed by atoms with Crippen LogP contribution in [0.15, 0.2) is 35.5 Å². The predicted molar refractivity (Wildman–Crippen MR) is 124 cm³/mol. The normalized spacial score (nSPS) is 23.3. The van der Waals surface area contributed by atoms with Gasteiger partial charge >= 0.3 is 0 Å². The average molecular weight is 455 g/mol. The molecule has 1 fully saturated rings. The summed E-state index contributed by atoms with van der Waals surface area (Å²) >= 11 is 3.60. The fraction of sp³-hybridized carbons (Fsp3) is 0.455. The third-order valence-corrected chi connectivity index (χ3v) is 8.22. The summed E-state index contributed by atoms with van der Waals surface area (Å²) in [4.78, 5) is 1.33. The Bertz CT molecular complexity index is 1120. The number of anilines is 1. The lowest BCUT2D eigenvalue weighted by molar-refractivity contribution is -0.0385. The molecular weight excluding hydrogens is 428 g/mol. The van der Waals surface area contributed by atoms with Gasteiger partial charge in [-0.1, -0.05) is 42.1 Å². The van der Waals surface area contributed by atoms with E-state index in [2.05, 4.69) is 81.6 Å². The Balaban J connectivity index is 1.38. The number of thiophene rings is 1. The van der Waals surface area contributed by atoms with Crippen LogP contribution in [0.25, 0.3) is 5.00 Å². The lowest BCUT2D eigenvalue weighted by Gasteiger charge is -2.34. The summed E-state index contributed by atoms with van der Waals surface area (Å²) < 4.78 is 8.37. The van der Waals surface area contributed by atoms with Crippen LogP contribution < -0.4 is 15.8 Å². The van der Waals surface area contributed by atoms with E-state index < -0.39 is 0 Å². The molecule has 0 saturated carbocycles. The smallest absolute Gasteiger partial charge is 0.249 e. The van der Waals surface area contributed by atoms with Crippen molar-refractivity contribution < 1.29 is 4.74 Å². The first kappa shape index (κ1) is 19.8. The van der Waals surface area contributed by atoms with Gasteiger partial charge in [0, 0.05) is 22.6 Å². The number of thioether (sulfide) groups is 1. The van der Waals surface area contributed by atoms with Crippen LogP contribution in [-0.2, 0) is 24.2 Å². The van der Waals surface area contributed by atoms with Crippen molar-refractivity contribution in [1.29, 1.82) is 0 Å². The minimum absolute atomic E-state index is 0.0674. The molecular formula is C22H26N6OS2. The number of nitrogens with zero attached hydrogens (tertiary/aromatic N) is 4. The summed E-state index contributed by atoms with van der Waals surface area (Å²) in [6.45, 7) is 7.17. The third-order valence-electron chi connectivity index (χ3n) is 6.08. The zero-order valence-corrected chi connectivity index (χ0v) is 19.5. The Labute approximate surface area is 190 Å². The zero-order chi connectivity index (χ0) is 21.2. The Morgan fingerprint density at radius 1 is 1.26 bits per heavy atom. The van der Waals surface area contributed by atoms with E-state index in [4.69, 9.17) is 4.74 Å². The minimum atomic E-state index is -0.148. The van der Waals surface area contributed by atoms with E-state index in [0.29, 0.717) is 6.61 Å². The monoisotopic (exact) mass is 454 g/mol. The summed E-state index contributed by atoms with van der Waals surface area (Å²) in [5.41, 5.74) is 7.50. The second-order valence-electron chi connectivity index (χ2n) is 8.94. The van der Waals surface area contributed by atoms with Crippen LogP contribution in [-0.4, -0.2) is 32.3 Å². The largest absolute Gasteiger partial charge is 0.370 e. The Morgan fingerprint density at radius 3 is 2.94 bits per heavy atom. The van der Waals surface area contributed by atoms with E-state index in [9.17, 15) is 0 Å². The van der Waals surface area contributed by atoms with Crippen molar-refractivity contribution in [3.05, 3.63) is 51.9 Å². The topological polar surface area (TPSA) is 67.2 Å². The van der Waals surface area contributed by atoms with E-state index in [0.717, 1.165) is 29.7 Å². The molecule has 3 aromatic rings. The van der Waals surface area contributed by atoms with Gasteiger partial charge < -0.3 is 4.74 Å². The maximum absolute atomic E-state index is 6.13. The SMILES string of the molecule is CC1NC2c3c(sc4c3CC(C)(C)OC4)-n3c(SCCc4ccccc4)nnc3N2N1. The van der Waals surface area contributed by atoms with E-state index in [-0.39, 0.29) is 17.9 Å². The van der Waals surface area contributed by atoms with Crippen LogP contribution in [0.2, 0.25) is 0 Å². The molecule has 2 N–H and O–H groups in total. The van der Waals surface area contributed by atoms with Crippen molar-refractivity contribution in [3.8, 4) is 5.00 Å². The van der Waals surface area contributed by atoms with Crippen molar-refractivity contribution in [2.75, 3.05) is 10.8 Å². The first-order valence-electron chi connectivity index (χ1n) is 10.7. The highest BCUT2D eigenvalue weighted by Crippen LogP contribution is 2.48. The lowest BCUT2D eigenvalue weighted by atomic mass is 9.92. The zero-order valence-electron chi connectivity index (χ0n) is 17.9. The molecule has 2 unspecified atom stereocenters. The van der Waals surface area contributed by atoms with Gasteiger partial charge in [-0.15, -0.1) is 21.5 Å². The van der Waals surface area contributed by atoms with E-state index in [1.165, 1.54) is 26.6 Å². The summed E-state index contributed by atoms with van der Waals surface area (Å²) in [5, 5.41) is 17.2. The van der Waals surface area contributed by atoms with Gasteiger partial charge in [0.2, 0.25) is 5.95 Å². The van der Waals surface area contributed by atoms with Gasteiger partial charge in [-0.25, -0.2) is 9.99 Å².